The van der Waals surface area contributed by atoms with Gasteiger partial charge in [-0.25, -0.2) is 4.98 Å². The average Bonchev–Trinajstić information content (AvgIpc) is 3.21. The topological polar surface area (TPSA) is 105 Å². The summed E-state index contributed by atoms with van der Waals surface area (Å²) in [5, 5.41) is 11.6. The van der Waals surface area contributed by atoms with Crippen LogP contribution in [0.15, 0.2) is 60.9 Å². The van der Waals surface area contributed by atoms with Crippen molar-refractivity contribution in [2.75, 3.05) is 6.54 Å². The molecule has 3 aromatic rings. The summed E-state index contributed by atoms with van der Waals surface area (Å²) in [6.07, 6.45) is 2.06. The van der Waals surface area contributed by atoms with Crippen LogP contribution in [0, 0.1) is 6.92 Å². The minimum absolute atomic E-state index is 0.0139. The standard InChI is InChI=1S/C26H28N4O4/c1-18-7-5-6-10-20(18)15-29-17-28-21-14-22(26(34)27-12-11-25(32)33)30(16-23(21)29)24(31)13-19-8-3-2-4-9-19/h2-10,17,22H,11-16H2,1H3,(H,27,34)(H,32,33). The highest BCUT2D eigenvalue weighted by Crippen LogP contribution is 2.25. The molecule has 2 amide bonds. The van der Waals surface area contributed by atoms with Crippen molar-refractivity contribution in [3.05, 3.63) is 89.0 Å². The molecule has 0 bridgehead atoms. The van der Waals surface area contributed by atoms with E-state index >= 15 is 0 Å². The first-order valence-electron chi connectivity index (χ1n) is 11.3. The van der Waals surface area contributed by atoms with Gasteiger partial charge in [0.1, 0.15) is 6.04 Å². The van der Waals surface area contributed by atoms with Gasteiger partial charge < -0.3 is 19.9 Å². The van der Waals surface area contributed by atoms with Gasteiger partial charge in [-0.1, -0.05) is 54.6 Å². The number of carbonyl (C=O) groups is 3. The number of nitrogens with zero attached hydrogens (tertiary/aromatic N) is 3. The predicted molar refractivity (Wildman–Crippen MR) is 126 cm³/mol. The molecular weight excluding hydrogens is 432 g/mol. The number of benzene rings is 2. The zero-order valence-corrected chi connectivity index (χ0v) is 19.1. The lowest BCUT2D eigenvalue weighted by Crippen LogP contribution is -2.53. The fraction of sp³-hybridized carbons (Fsp3) is 0.308. The maximum atomic E-state index is 13.3. The van der Waals surface area contributed by atoms with E-state index in [1.165, 1.54) is 11.1 Å². The van der Waals surface area contributed by atoms with Gasteiger partial charge in [0, 0.05) is 19.5 Å². The summed E-state index contributed by atoms with van der Waals surface area (Å²) in [5.41, 5.74) is 4.92. The Hall–Kier alpha value is -3.94. The second kappa shape index (κ2) is 10.3. The third-order valence-electron chi connectivity index (χ3n) is 6.18. The van der Waals surface area contributed by atoms with Gasteiger partial charge in [-0.05, 0) is 23.6 Å². The van der Waals surface area contributed by atoms with Crippen LogP contribution in [0.25, 0.3) is 0 Å². The number of fused-ring (bicyclic) bond motifs is 1. The summed E-state index contributed by atoms with van der Waals surface area (Å²) in [4.78, 5) is 43.3. The van der Waals surface area contributed by atoms with E-state index < -0.39 is 12.0 Å². The molecule has 0 fully saturated rings. The number of aromatic nitrogens is 2. The number of carbonyl (C=O) groups excluding carboxylic acids is 2. The molecule has 1 atom stereocenters. The number of aryl methyl sites for hydroxylation is 1. The van der Waals surface area contributed by atoms with Gasteiger partial charge in [0.25, 0.3) is 0 Å². The first-order chi connectivity index (χ1) is 16.4. The van der Waals surface area contributed by atoms with E-state index in [1.54, 1.807) is 11.2 Å². The Balaban J connectivity index is 1.58. The smallest absolute Gasteiger partial charge is 0.305 e. The van der Waals surface area contributed by atoms with Crippen LogP contribution in [-0.4, -0.2) is 49.9 Å². The highest BCUT2D eigenvalue weighted by molar-refractivity contribution is 5.89. The molecule has 34 heavy (non-hydrogen) atoms. The summed E-state index contributed by atoms with van der Waals surface area (Å²) < 4.78 is 2.04. The highest BCUT2D eigenvalue weighted by Gasteiger charge is 2.36. The first-order valence-corrected chi connectivity index (χ1v) is 11.3. The number of aliphatic carboxylic acids is 1. The van der Waals surface area contributed by atoms with E-state index in [2.05, 4.69) is 29.4 Å². The van der Waals surface area contributed by atoms with Gasteiger partial charge in [-0.15, -0.1) is 0 Å². The quantitative estimate of drug-likeness (QED) is 0.537. The zero-order valence-electron chi connectivity index (χ0n) is 19.1. The van der Waals surface area contributed by atoms with E-state index in [1.807, 2.05) is 47.0 Å². The molecule has 2 N–H and O–H groups in total. The highest BCUT2D eigenvalue weighted by atomic mass is 16.4. The molecule has 0 saturated heterocycles. The molecule has 8 nitrogen and oxygen atoms in total. The Kier molecular flexibility index (Phi) is 7.06. The molecule has 0 radical (unpaired) electrons. The third kappa shape index (κ3) is 5.33. The molecule has 1 aliphatic heterocycles. The SMILES string of the molecule is Cc1ccccc1Cn1cnc2c1CN(C(=O)Cc1ccccc1)C(C(=O)NCCC(=O)O)C2. The first kappa shape index (κ1) is 23.2. The van der Waals surface area contributed by atoms with Crippen molar-refractivity contribution in [1.29, 1.82) is 0 Å². The lowest BCUT2D eigenvalue weighted by Gasteiger charge is -2.35. The van der Waals surface area contributed by atoms with Crippen LogP contribution in [0.3, 0.4) is 0 Å². The molecule has 0 spiro atoms. The Morgan fingerprint density at radius 3 is 2.56 bits per heavy atom. The normalized spacial score (nSPS) is 15.0. The Morgan fingerprint density at radius 2 is 1.82 bits per heavy atom. The fourth-order valence-electron chi connectivity index (χ4n) is 4.25. The van der Waals surface area contributed by atoms with E-state index in [-0.39, 0.29) is 44.2 Å². The Morgan fingerprint density at radius 1 is 1.09 bits per heavy atom. The third-order valence-corrected chi connectivity index (χ3v) is 6.18. The maximum absolute atomic E-state index is 13.3. The number of hydrogen-bond donors (Lipinski definition) is 2. The Labute approximate surface area is 198 Å². The van der Waals surface area contributed by atoms with Crippen molar-refractivity contribution in [3.63, 3.8) is 0 Å². The fourth-order valence-corrected chi connectivity index (χ4v) is 4.25. The van der Waals surface area contributed by atoms with Gasteiger partial charge in [-0.3, -0.25) is 14.4 Å². The molecule has 0 saturated carbocycles. The number of hydrogen-bond acceptors (Lipinski definition) is 4. The summed E-state index contributed by atoms with van der Waals surface area (Å²) in [7, 11) is 0. The van der Waals surface area contributed by atoms with Crippen LogP contribution in [0.5, 0.6) is 0 Å². The molecule has 0 aliphatic carbocycles. The van der Waals surface area contributed by atoms with Crippen molar-refractivity contribution < 1.29 is 19.5 Å². The minimum atomic E-state index is -0.988. The van der Waals surface area contributed by atoms with Gasteiger partial charge in [-0.2, -0.15) is 0 Å². The van der Waals surface area contributed by atoms with Gasteiger partial charge in [0.05, 0.1) is 37.1 Å². The molecule has 8 heteroatoms. The molecule has 176 valence electrons. The monoisotopic (exact) mass is 460 g/mol. The number of imidazole rings is 1. The minimum Gasteiger partial charge on any atom is -0.481 e. The summed E-state index contributed by atoms with van der Waals surface area (Å²) in [6.45, 7) is 2.97. The van der Waals surface area contributed by atoms with Crippen LogP contribution in [-0.2, 0) is 40.3 Å². The molecule has 1 aromatic heterocycles. The number of carboxylic acids is 1. The zero-order chi connectivity index (χ0) is 24.1. The summed E-state index contributed by atoms with van der Waals surface area (Å²) >= 11 is 0. The van der Waals surface area contributed by atoms with Gasteiger partial charge in [0.2, 0.25) is 11.8 Å². The molecule has 4 rings (SSSR count). The van der Waals surface area contributed by atoms with Crippen LogP contribution in [0.1, 0.15) is 34.5 Å². The summed E-state index contributed by atoms with van der Waals surface area (Å²) in [6, 6.07) is 16.8. The predicted octanol–water partition coefficient (Wildman–Crippen LogP) is 2.33. The number of carboxylic acid groups (broad SMARTS) is 1. The second-order valence-corrected chi connectivity index (χ2v) is 8.53. The van der Waals surface area contributed by atoms with E-state index in [0.29, 0.717) is 6.54 Å². The molecule has 1 unspecified atom stereocenters. The molecule has 1 aliphatic rings. The van der Waals surface area contributed by atoms with Gasteiger partial charge >= 0.3 is 5.97 Å². The lowest BCUT2D eigenvalue weighted by molar-refractivity contribution is -0.142. The molecule has 2 aromatic carbocycles. The van der Waals surface area contributed by atoms with E-state index in [4.69, 9.17) is 5.11 Å². The van der Waals surface area contributed by atoms with E-state index in [0.717, 1.165) is 17.0 Å². The van der Waals surface area contributed by atoms with Crippen LogP contribution < -0.4 is 5.32 Å². The summed E-state index contributed by atoms with van der Waals surface area (Å²) in [5.74, 6) is -1.50. The van der Waals surface area contributed by atoms with Crippen LogP contribution in [0.2, 0.25) is 0 Å². The van der Waals surface area contributed by atoms with Crippen molar-refractivity contribution in [2.24, 2.45) is 0 Å². The lowest BCUT2D eigenvalue weighted by atomic mass is 9.99. The average molecular weight is 461 g/mol. The van der Waals surface area contributed by atoms with Crippen molar-refractivity contribution in [3.8, 4) is 0 Å². The van der Waals surface area contributed by atoms with Crippen molar-refractivity contribution >= 4 is 17.8 Å². The molecule has 2 heterocycles. The van der Waals surface area contributed by atoms with E-state index in [9.17, 15) is 14.4 Å². The number of nitrogens with one attached hydrogen (secondary N) is 1. The Bertz CT molecular complexity index is 1190. The largest absolute Gasteiger partial charge is 0.481 e. The maximum Gasteiger partial charge on any atom is 0.305 e. The van der Waals surface area contributed by atoms with Crippen LogP contribution in [0.4, 0.5) is 0 Å². The van der Waals surface area contributed by atoms with Gasteiger partial charge in [0.15, 0.2) is 0 Å². The van der Waals surface area contributed by atoms with Crippen molar-refractivity contribution in [1.82, 2.24) is 19.8 Å². The van der Waals surface area contributed by atoms with Crippen LogP contribution >= 0.6 is 0 Å². The van der Waals surface area contributed by atoms with Crippen molar-refractivity contribution in [2.45, 2.75) is 45.3 Å². The number of amides is 2. The number of rotatable bonds is 8. The second-order valence-electron chi connectivity index (χ2n) is 8.53. The molecular formula is C26H28N4O4.